The summed E-state index contributed by atoms with van der Waals surface area (Å²) in [5, 5.41) is 0. The molecule has 0 aromatic heterocycles. The Morgan fingerprint density at radius 3 is 2.64 bits per heavy atom. The number of aliphatic imine (C=N–C) groups is 1. The maximum atomic E-state index is 4.24. The Kier molecular flexibility index (Phi) is 5.81. The van der Waals surface area contributed by atoms with Crippen LogP contribution in [-0.4, -0.2) is 6.21 Å². The van der Waals surface area contributed by atoms with Crippen molar-refractivity contribution in [3.63, 3.8) is 0 Å². The van der Waals surface area contributed by atoms with Gasteiger partial charge in [-0.3, -0.25) is 4.99 Å². The molecule has 1 nitrogen and oxygen atoms in total. The van der Waals surface area contributed by atoms with E-state index in [-0.39, 0.29) is 0 Å². The second-order valence-electron chi connectivity index (χ2n) is 2.96. The predicted molar refractivity (Wildman–Crippen MR) is 52.0 cm³/mol. The average molecular weight is 153 g/mol. The first-order chi connectivity index (χ1) is 5.20. The fourth-order valence-corrected chi connectivity index (χ4v) is 0.854. The number of nitrogens with zero attached hydrogens (tertiary/aromatic N) is 1. The van der Waals surface area contributed by atoms with E-state index in [1.165, 1.54) is 12.8 Å². The predicted octanol–water partition coefficient (Wildman–Crippen LogP) is 3.42. The Balaban J connectivity index is 3.63. The van der Waals surface area contributed by atoms with Crippen LogP contribution in [0.25, 0.3) is 0 Å². The van der Waals surface area contributed by atoms with E-state index in [2.05, 4.69) is 32.3 Å². The molecule has 0 bridgehead atoms. The van der Waals surface area contributed by atoms with Gasteiger partial charge in [0.1, 0.15) is 0 Å². The molecule has 0 spiro atoms. The lowest BCUT2D eigenvalue weighted by Crippen LogP contribution is -1.94. The van der Waals surface area contributed by atoms with Crippen LogP contribution in [0.4, 0.5) is 0 Å². The van der Waals surface area contributed by atoms with Gasteiger partial charge < -0.3 is 0 Å². The van der Waals surface area contributed by atoms with Crippen LogP contribution in [0.2, 0.25) is 0 Å². The molecule has 0 aromatic carbocycles. The van der Waals surface area contributed by atoms with E-state index in [1.54, 1.807) is 0 Å². The molecule has 64 valence electrons. The van der Waals surface area contributed by atoms with E-state index in [9.17, 15) is 0 Å². The first kappa shape index (κ1) is 10.4. The summed E-state index contributed by atoms with van der Waals surface area (Å²) in [5.74, 6) is 0.600. The highest BCUT2D eigenvalue weighted by Crippen LogP contribution is 2.04. The van der Waals surface area contributed by atoms with Crippen LogP contribution >= 0.6 is 0 Å². The molecule has 11 heavy (non-hydrogen) atoms. The molecule has 0 heterocycles. The molecule has 0 saturated heterocycles. The van der Waals surface area contributed by atoms with Gasteiger partial charge in [0, 0.05) is 11.9 Å². The largest absolute Gasteiger partial charge is 0.266 e. The SMILES string of the molecule is C=C(CC)/N=C\C(C)CCC. The highest BCUT2D eigenvalue weighted by molar-refractivity contribution is 5.61. The highest BCUT2D eigenvalue weighted by Gasteiger charge is 1.94. The summed E-state index contributed by atoms with van der Waals surface area (Å²) in [6.45, 7) is 10.3. The van der Waals surface area contributed by atoms with E-state index in [1.807, 2.05) is 6.21 Å². The molecule has 0 rings (SSSR count). The van der Waals surface area contributed by atoms with Crippen molar-refractivity contribution in [1.29, 1.82) is 0 Å². The molecular weight excluding hydrogens is 134 g/mol. The summed E-state index contributed by atoms with van der Waals surface area (Å²) in [5.41, 5.74) is 0.980. The molecule has 0 aromatic rings. The summed E-state index contributed by atoms with van der Waals surface area (Å²) in [7, 11) is 0. The molecule has 0 fully saturated rings. The zero-order valence-corrected chi connectivity index (χ0v) is 7.93. The highest BCUT2D eigenvalue weighted by atomic mass is 14.7. The Hall–Kier alpha value is -0.590. The summed E-state index contributed by atoms with van der Waals surface area (Å²) >= 11 is 0. The number of allylic oxidation sites excluding steroid dienone is 1. The molecule has 0 aliphatic carbocycles. The number of hydrogen-bond acceptors (Lipinski definition) is 1. The fraction of sp³-hybridized carbons (Fsp3) is 0.700. The quantitative estimate of drug-likeness (QED) is 0.537. The van der Waals surface area contributed by atoms with Gasteiger partial charge in [-0.05, 0) is 18.8 Å². The monoisotopic (exact) mass is 153 g/mol. The standard InChI is InChI=1S/C10H19N/c1-5-7-9(3)8-11-10(4)6-2/h8-9H,4-7H2,1-3H3/b11-8-. The van der Waals surface area contributed by atoms with Crippen molar-refractivity contribution in [3.8, 4) is 0 Å². The first-order valence-electron chi connectivity index (χ1n) is 4.42. The van der Waals surface area contributed by atoms with E-state index >= 15 is 0 Å². The summed E-state index contributed by atoms with van der Waals surface area (Å²) in [6, 6.07) is 0. The summed E-state index contributed by atoms with van der Waals surface area (Å²) in [4.78, 5) is 4.24. The van der Waals surface area contributed by atoms with Gasteiger partial charge in [-0.25, -0.2) is 0 Å². The Labute approximate surface area is 70.2 Å². The minimum Gasteiger partial charge on any atom is -0.266 e. The zero-order chi connectivity index (χ0) is 8.69. The van der Waals surface area contributed by atoms with Crippen molar-refractivity contribution in [2.24, 2.45) is 10.9 Å². The molecule has 0 amide bonds. The maximum absolute atomic E-state index is 4.24. The average Bonchev–Trinajstić information content (AvgIpc) is 2.01. The molecule has 0 aliphatic rings. The summed E-state index contributed by atoms with van der Waals surface area (Å²) < 4.78 is 0. The molecule has 1 heteroatoms. The van der Waals surface area contributed by atoms with E-state index in [0.717, 1.165) is 12.1 Å². The van der Waals surface area contributed by atoms with Gasteiger partial charge in [0.05, 0.1) is 0 Å². The van der Waals surface area contributed by atoms with Crippen molar-refractivity contribution in [1.82, 2.24) is 0 Å². The maximum Gasteiger partial charge on any atom is 0.0325 e. The Morgan fingerprint density at radius 1 is 1.55 bits per heavy atom. The second kappa shape index (κ2) is 6.14. The molecule has 0 radical (unpaired) electrons. The van der Waals surface area contributed by atoms with Gasteiger partial charge in [-0.15, -0.1) is 0 Å². The molecule has 1 unspecified atom stereocenters. The normalized spacial score (nSPS) is 13.7. The van der Waals surface area contributed by atoms with Gasteiger partial charge >= 0.3 is 0 Å². The van der Waals surface area contributed by atoms with Crippen LogP contribution in [0.5, 0.6) is 0 Å². The van der Waals surface area contributed by atoms with Crippen LogP contribution in [0.1, 0.15) is 40.0 Å². The van der Waals surface area contributed by atoms with Crippen LogP contribution in [0.3, 0.4) is 0 Å². The van der Waals surface area contributed by atoms with Crippen LogP contribution in [-0.2, 0) is 0 Å². The molecule has 0 N–H and O–H groups in total. The number of rotatable bonds is 5. The third-order valence-electron chi connectivity index (χ3n) is 1.66. The van der Waals surface area contributed by atoms with Gasteiger partial charge in [0.25, 0.3) is 0 Å². The van der Waals surface area contributed by atoms with E-state index in [0.29, 0.717) is 5.92 Å². The zero-order valence-electron chi connectivity index (χ0n) is 7.93. The smallest absolute Gasteiger partial charge is 0.0325 e. The number of hydrogen-bond donors (Lipinski definition) is 0. The van der Waals surface area contributed by atoms with Gasteiger partial charge in [-0.1, -0.05) is 33.8 Å². The lowest BCUT2D eigenvalue weighted by atomic mass is 10.1. The third kappa shape index (κ3) is 5.84. The van der Waals surface area contributed by atoms with E-state index < -0.39 is 0 Å². The van der Waals surface area contributed by atoms with Crippen molar-refractivity contribution in [2.75, 3.05) is 0 Å². The van der Waals surface area contributed by atoms with Crippen LogP contribution in [0.15, 0.2) is 17.3 Å². The van der Waals surface area contributed by atoms with Gasteiger partial charge in [0.2, 0.25) is 0 Å². The Morgan fingerprint density at radius 2 is 2.18 bits per heavy atom. The van der Waals surface area contributed by atoms with Crippen LogP contribution in [0, 0.1) is 5.92 Å². The van der Waals surface area contributed by atoms with Crippen molar-refractivity contribution >= 4 is 6.21 Å². The minimum absolute atomic E-state index is 0.600. The van der Waals surface area contributed by atoms with Crippen LogP contribution < -0.4 is 0 Å². The van der Waals surface area contributed by atoms with Gasteiger partial charge in [0.15, 0.2) is 0 Å². The van der Waals surface area contributed by atoms with Crippen molar-refractivity contribution < 1.29 is 0 Å². The summed E-state index contributed by atoms with van der Waals surface area (Å²) in [6.07, 6.45) is 5.41. The lowest BCUT2D eigenvalue weighted by molar-refractivity contribution is 0.676. The first-order valence-corrected chi connectivity index (χ1v) is 4.42. The molecule has 0 saturated carbocycles. The van der Waals surface area contributed by atoms with Crippen molar-refractivity contribution in [3.05, 3.63) is 12.3 Å². The topological polar surface area (TPSA) is 12.4 Å². The molecule has 0 aliphatic heterocycles. The minimum atomic E-state index is 0.600. The second-order valence-corrected chi connectivity index (χ2v) is 2.96. The van der Waals surface area contributed by atoms with E-state index in [4.69, 9.17) is 0 Å². The Bertz CT molecular complexity index is 136. The molecular formula is C10H19N. The van der Waals surface area contributed by atoms with Gasteiger partial charge in [-0.2, -0.15) is 0 Å². The van der Waals surface area contributed by atoms with Crippen molar-refractivity contribution in [2.45, 2.75) is 40.0 Å². The fourth-order valence-electron chi connectivity index (χ4n) is 0.854. The third-order valence-corrected chi connectivity index (χ3v) is 1.66. The lowest BCUT2D eigenvalue weighted by Gasteiger charge is -2.01. The molecule has 1 atom stereocenters.